The molecule has 1 heterocycles. The van der Waals surface area contributed by atoms with Crippen molar-refractivity contribution in [1.29, 1.82) is 0 Å². The van der Waals surface area contributed by atoms with E-state index >= 15 is 0 Å². The molecule has 4 amide bonds. The third kappa shape index (κ3) is 4.33. The van der Waals surface area contributed by atoms with Gasteiger partial charge >= 0.3 is 6.03 Å². The van der Waals surface area contributed by atoms with Gasteiger partial charge < -0.3 is 10.6 Å². The predicted molar refractivity (Wildman–Crippen MR) is 115 cm³/mol. The predicted octanol–water partition coefficient (Wildman–Crippen LogP) is 4.40. The molecule has 0 atom stereocenters. The second-order valence-corrected chi connectivity index (χ2v) is 9.30. The van der Waals surface area contributed by atoms with E-state index in [4.69, 9.17) is 0 Å². The van der Waals surface area contributed by atoms with Gasteiger partial charge in [-0.25, -0.2) is 4.79 Å². The smallest absolute Gasteiger partial charge is 0.325 e. The summed E-state index contributed by atoms with van der Waals surface area (Å²) in [5.74, 6) is -0.673. The van der Waals surface area contributed by atoms with E-state index in [0.29, 0.717) is 18.5 Å². The zero-order valence-corrected chi connectivity index (χ0v) is 18.0. The third-order valence-electron chi connectivity index (χ3n) is 5.19. The first-order valence-corrected chi connectivity index (χ1v) is 11.0. The first-order valence-electron chi connectivity index (χ1n) is 9.43. The van der Waals surface area contributed by atoms with Crippen molar-refractivity contribution in [2.75, 3.05) is 11.9 Å². The maximum atomic E-state index is 12.6. The average molecular weight is 474 g/mol. The molecule has 2 fully saturated rings. The molecule has 1 saturated carbocycles. The number of nitrogens with zero attached hydrogens (tertiary/aromatic N) is 1. The number of hydrogen-bond acceptors (Lipinski definition) is 4. The number of amides is 4. The van der Waals surface area contributed by atoms with E-state index in [1.807, 2.05) is 48.5 Å². The molecule has 0 radical (unpaired) electrons. The second kappa shape index (κ2) is 8.20. The first kappa shape index (κ1) is 20.0. The van der Waals surface area contributed by atoms with Gasteiger partial charge in [0.25, 0.3) is 5.91 Å². The lowest BCUT2D eigenvalue weighted by molar-refractivity contribution is -0.133. The van der Waals surface area contributed by atoms with Crippen LogP contribution in [0.2, 0.25) is 0 Å². The highest BCUT2D eigenvalue weighted by Gasteiger charge is 2.52. The van der Waals surface area contributed by atoms with Crippen molar-refractivity contribution >= 4 is 51.2 Å². The third-order valence-corrected chi connectivity index (χ3v) is 6.74. The molecule has 0 unspecified atom stereocenters. The highest BCUT2D eigenvalue weighted by atomic mass is 79.9. The topological polar surface area (TPSA) is 78.5 Å². The fraction of sp³-hybridized carbons (Fsp3) is 0.286. The van der Waals surface area contributed by atoms with Crippen molar-refractivity contribution in [3.8, 4) is 0 Å². The summed E-state index contributed by atoms with van der Waals surface area (Å²) in [6, 6.07) is 15.0. The molecule has 1 saturated heterocycles. The molecule has 0 aromatic heterocycles. The van der Waals surface area contributed by atoms with Gasteiger partial charge in [0.2, 0.25) is 5.91 Å². The van der Waals surface area contributed by atoms with Crippen molar-refractivity contribution in [3.63, 3.8) is 0 Å². The summed E-state index contributed by atoms with van der Waals surface area (Å²) in [6.45, 7) is -0.276. The highest BCUT2D eigenvalue weighted by molar-refractivity contribution is 9.10. The largest absolute Gasteiger partial charge is 0.325 e. The van der Waals surface area contributed by atoms with Crippen LogP contribution in [0.25, 0.3) is 0 Å². The molecule has 4 rings (SSSR count). The lowest BCUT2D eigenvalue weighted by Crippen LogP contribution is -2.44. The van der Waals surface area contributed by atoms with Crippen LogP contribution in [0.4, 0.5) is 10.5 Å². The molecule has 29 heavy (non-hydrogen) atoms. The van der Waals surface area contributed by atoms with Gasteiger partial charge in [0.15, 0.2) is 0 Å². The minimum atomic E-state index is -0.788. The van der Waals surface area contributed by atoms with Crippen molar-refractivity contribution in [3.05, 3.63) is 53.0 Å². The van der Waals surface area contributed by atoms with Crippen LogP contribution in [0, 0.1) is 0 Å². The van der Waals surface area contributed by atoms with Gasteiger partial charge in [0.1, 0.15) is 12.1 Å². The van der Waals surface area contributed by atoms with E-state index in [1.54, 1.807) is 11.8 Å². The standard InChI is InChI=1S/C21H20BrN3O3S/c22-14-3-7-16(8-4-14)29-17-9-5-15(6-10-17)23-18(26)13-25-19(27)21(24-20(25)28)11-1-2-12-21/h3-10H,1-2,11-13H2,(H,23,26)(H,24,28). The van der Waals surface area contributed by atoms with Crippen molar-refractivity contribution in [1.82, 2.24) is 10.2 Å². The number of benzene rings is 2. The summed E-state index contributed by atoms with van der Waals surface area (Å²) in [5.41, 5.74) is -0.165. The monoisotopic (exact) mass is 473 g/mol. The minimum absolute atomic E-state index is 0.276. The Morgan fingerprint density at radius 1 is 1.03 bits per heavy atom. The number of imide groups is 1. The Labute approximate surface area is 181 Å². The zero-order chi connectivity index (χ0) is 20.4. The van der Waals surface area contributed by atoms with Crippen LogP contribution in [0.15, 0.2) is 62.8 Å². The Balaban J connectivity index is 1.34. The molecule has 1 aliphatic carbocycles. The molecule has 2 aromatic carbocycles. The van der Waals surface area contributed by atoms with E-state index in [0.717, 1.165) is 32.0 Å². The maximum Gasteiger partial charge on any atom is 0.325 e. The van der Waals surface area contributed by atoms with Crippen LogP contribution in [-0.2, 0) is 9.59 Å². The van der Waals surface area contributed by atoms with Gasteiger partial charge in [-0.3, -0.25) is 14.5 Å². The zero-order valence-electron chi connectivity index (χ0n) is 15.6. The van der Waals surface area contributed by atoms with Gasteiger partial charge in [0, 0.05) is 20.0 Å². The molecule has 150 valence electrons. The van der Waals surface area contributed by atoms with E-state index in [9.17, 15) is 14.4 Å². The van der Waals surface area contributed by atoms with Crippen LogP contribution in [0.1, 0.15) is 25.7 Å². The van der Waals surface area contributed by atoms with Crippen LogP contribution in [-0.4, -0.2) is 34.8 Å². The van der Waals surface area contributed by atoms with Crippen molar-refractivity contribution in [2.24, 2.45) is 0 Å². The van der Waals surface area contributed by atoms with Crippen LogP contribution in [0.3, 0.4) is 0 Å². The lowest BCUT2D eigenvalue weighted by Gasteiger charge is -2.19. The average Bonchev–Trinajstić information content (AvgIpc) is 3.26. The van der Waals surface area contributed by atoms with Crippen molar-refractivity contribution in [2.45, 2.75) is 41.0 Å². The SMILES string of the molecule is O=C(CN1C(=O)NC2(CCCC2)C1=O)Nc1ccc(Sc2ccc(Br)cc2)cc1. The molecular weight excluding hydrogens is 454 g/mol. The van der Waals surface area contributed by atoms with E-state index < -0.39 is 17.5 Å². The van der Waals surface area contributed by atoms with Gasteiger partial charge in [-0.05, 0) is 61.4 Å². The molecule has 2 aromatic rings. The minimum Gasteiger partial charge on any atom is -0.325 e. The number of carbonyl (C=O) groups is 3. The summed E-state index contributed by atoms with van der Waals surface area (Å²) >= 11 is 5.04. The van der Waals surface area contributed by atoms with Gasteiger partial charge in [-0.15, -0.1) is 0 Å². The quantitative estimate of drug-likeness (QED) is 0.630. The molecular formula is C21H20BrN3O3S. The fourth-order valence-corrected chi connectivity index (χ4v) is 4.81. The number of anilines is 1. The highest BCUT2D eigenvalue weighted by Crippen LogP contribution is 2.35. The summed E-state index contributed by atoms with van der Waals surface area (Å²) in [5, 5.41) is 5.54. The van der Waals surface area contributed by atoms with Crippen LogP contribution >= 0.6 is 27.7 Å². The Bertz CT molecular complexity index is 941. The number of carbonyl (C=O) groups excluding carboxylic acids is 3. The number of urea groups is 1. The number of rotatable bonds is 5. The Morgan fingerprint density at radius 2 is 1.62 bits per heavy atom. The summed E-state index contributed by atoms with van der Waals surface area (Å²) < 4.78 is 1.03. The Morgan fingerprint density at radius 3 is 2.24 bits per heavy atom. The Kier molecular flexibility index (Phi) is 5.65. The summed E-state index contributed by atoms with van der Waals surface area (Å²) in [4.78, 5) is 40.4. The van der Waals surface area contributed by atoms with Gasteiger partial charge in [0.05, 0.1) is 0 Å². The van der Waals surface area contributed by atoms with E-state index in [1.165, 1.54) is 0 Å². The van der Waals surface area contributed by atoms with Crippen LogP contribution in [0.5, 0.6) is 0 Å². The lowest BCUT2D eigenvalue weighted by atomic mass is 9.98. The Hall–Kier alpha value is -2.32. The molecule has 1 spiro atoms. The molecule has 6 nitrogen and oxygen atoms in total. The van der Waals surface area contributed by atoms with E-state index in [-0.39, 0.29) is 12.5 Å². The normalized spacial score (nSPS) is 17.6. The van der Waals surface area contributed by atoms with Gasteiger partial charge in [-0.1, -0.05) is 40.5 Å². The molecule has 1 aliphatic heterocycles. The summed E-state index contributed by atoms with van der Waals surface area (Å²) in [7, 11) is 0. The fourth-order valence-electron chi connectivity index (χ4n) is 3.73. The number of nitrogens with one attached hydrogen (secondary N) is 2. The van der Waals surface area contributed by atoms with Crippen molar-refractivity contribution < 1.29 is 14.4 Å². The second-order valence-electron chi connectivity index (χ2n) is 7.24. The van der Waals surface area contributed by atoms with Gasteiger partial charge in [-0.2, -0.15) is 0 Å². The molecule has 2 aliphatic rings. The first-order chi connectivity index (χ1) is 13.9. The number of hydrogen-bond donors (Lipinski definition) is 2. The molecule has 8 heteroatoms. The maximum absolute atomic E-state index is 12.6. The van der Waals surface area contributed by atoms with Crippen LogP contribution < -0.4 is 10.6 Å². The summed E-state index contributed by atoms with van der Waals surface area (Å²) in [6.07, 6.45) is 3.12. The molecule has 0 bridgehead atoms. The van der Waals surface area contributed by atoms with E-state index in [2.05, 4.69) is 26.6 Å². The molecule has 2 N–H and O–H groups in total. The number of halogens is 1.